The van der Waals surface area contributed by atoms with E-state index in [4.69, 9.17) is 9.97 Å². The smallest absolute Gasteiger partial charge is 0.324 e. The molecule has 0 atom stereocenters. The molecule has 0 radical (unpaired) electrons. The van der Waals surface area contributed by atoms with Crippen molar-refractivity contribution in [3.8, 4) is 22.5 Å². The number of hydrazine groups is 1. The summed E-state index contributed by atoms with van der Waals surface area (Å²) in [7, 11) is 0. The zero-order chi connectivity index (χ0) is 34.3. The zero-order valence-electron chi connectivity index (χ0n) is 25.9. The number of hydrogen-bond donors (Lipinski definition) is 2. The summed E-state index contributed by atoms with van der Waals surface area (Å²) in [6, 6.07) is 14.7. The van der Waals surface area contributed by atoms with Crippen molar-refractivity contribution in [2.75, 3.05) is 10.0 Å². The third-order valence-corrected chi connectivity index (χ3v) is 8.50. The van der Waals surface area contributed by atoms with E-state index in [1.165, 1.54) is 58.7 Å². The second-order valence-electron chi connectivity index (χ2n) is 10.8. The monoisotopic (exact) mass is 712 g/mol. The topological polar surface area (TPSA) is 176 Å². The van der Waals surface area contributed by atoms with Gasteiger partial charge in [0.05, 0.1) is 43.4 Å². The number of rotatable bonds is 9. The number of nitro benzene ring substituents is 1. The summed E-state index contributed by atoms with van der Waals surface area (Å²) in [5.41, 5.74) is 5.36. The predicted octanol–water partition coefficient (Wildman–Crippen LogP) is 8.10. The maximum Gasteiger partial charge on any atom is 0.324 e. The van der Waals surface area contributed by atoms with Gasteiger partial charge in [-0.25, -0.2) is 39.3 Å². The number of anilines is 4. The third kappa shape index (κ3) is 5.84. The number of aromatic nitrogens is 6. The van der Waals surface area contributed by atoms with Crippen molar-refractivity contribution in [3.63, 3.8) is 0 Å². The normalized spacial score (nSPS) is 11.0. The van der Waals surface area contributed by atoms with Gasteiger partial charge in [0.1, 0.15) is 11.5 Å². The van der Waals surface area contributed by atoms with Crippen LogP contribution in [-0.4, -0.2) is 39.8 Å². The molecule has 48 heavy (non-hydrogen) atoms. The SMILES string of the molecule is Cc1[nH]c(Br)c(C)c1-c1ccnc(N(c2cccc([N+](=O)[O-])c2)N(c2ccc(F)cc2)c2nccc(-c3c(C)[nH]c([N+](=O)[O-])c3C)n2)n1. The Morgan fingerprint density at radius 2 is 1.29 bits per heavy atom. The van der Waals surface area contributed by atoms with Crippen molar-refractivity contribution in [3.05, 3.63) is 126 Å². The average Bonchev–Trinajstić information content (AvgIpc) is 3.51. The molecule has 0 bridgehead atoms. The first kappa shape index (κ1) is 31.9. The van der Waals surface area contributed by atoms with Crippen LogP contribution < -0.4 is 10.0 Å². The number of halogens is 2. The minimum absolute atomic E-state index is 0.0408. The lowest BCUT2D eigenvalue weighted by Crippen LogP contribution is -2.38. The van der Waals surface area contributed by atoms with Gasteiger partial charge >= 0.3 is 5.82 Å². The van der Waals surface area contributed by atoms with Crippen LogP contribution in [0.4, 0.5) is 39.2 Å². The molecule has 2 aromatic carbocycles. The minimum atomic E-state index is -0.521. The molecule has 0 aliphatic rings. The molecule has 14 nitrogen and oxygen atoms in total. The molecule has 0 aliphatic carbocycles. The molecule has 0 amide bonds. The fraction of sp³-hybridized carbons (Fsp3) is 0.125. The lowest BCUT2D eigenvalue weighted by molar-refractivity contribution is -0.389. The molecule has 4 heterocycles. The number of benzene rings is 2. The molecule has 0 saturated carbocycles. The van der Waals surface area contributed by atoms with Gasteiger partial charge in [0, 0.05) is 35.8 Å². The first-order chi connectivity index (χ1) is 22.9. The maximum atomic E-state index is 14.3. The maximum absolute atomic E-state index is 14.3. The van der Waals surface area contributed by atoms with E-state index in [-0.39, 0.29) is 29.1 Å². The number of aryl methyl sites for hydroxylation is 2. The quantitative estimate of drug-likeness (QED) is 0.110. The van der Waals surface area contributed by atoms with Crippen molar-refractivity contribution >= 4 is 50.7 Å². The van der Waals surface area contributed by atoms with Crippen molar-refractivity contribution in [2.24, 2.45) is 0 Å². The molecular weight excluding hydrogens is 687 g/mol. The van der Waals surface area contributed by atoms with Crippen LogP contribution >= 0.6 is 15.9 Å². The third-order valence-electron chi connectivity index (χ3n) is 7.70. The molecule has 6 aromatic rings. The highest BCUT2D eigenvalue weighted by molar-refractivity contribution is 9.10. The lowest BCUT2D eigenvalue weighted by atomic mass is 10.1. The summed E-state index contributed by atoms with van der Waals surface area (Å²) in [5.74, 6) is -0.530. The van der Waals surface area contributed by atoms with Gasteiger partial charge in [-0.05, 0) is 96.6 Å². The summed E-state index contributed by atoms with van der Waals surface area (Å²) < 4.78 is 15.1. The van der Waals surface area contributed by atoms with Crippen LogP contribution in [0.3, 0.4) is 0 Å². The summed E-state index contributed by atoms with van der Waals surface area (Å²) in [4.78, 5) is 47.5. The highest BCUT2D eigenvalue weighted by atomic mass is 79.9. The fourth-order valence-corrected chi connectivity index (χ4v) is 6.03. The molecular formula is C32H26BrFN10O4. The summed E-state index contributed by atoms with van der Waals surface area (Å²) >= 11 is 3.54. The number of nitro groups is 2. The van der Waals surface area contributed by atoms with E-state index in [0.29, 0.717) is 33.9 Å². The highest BCUT2D eigenvalue weighted by Crippen LogP contribution is 2.39. The van der Waals surface area contributed by atoms with Crippen LogP contribution in [0.5, 0.6) is 0 Å². The fourth-order valence-electron chi connectivity index (χ4n) is 5.54. The van der Waals surface area contributed by atoms with Crippen molar-refractivity contribution in [1.82, 2.24) is 29.9 Å². The van der Waals surface area contributed by atoms with E-state index in [2.05, 4.69) is 35.9 Å². The summed E-state index contributed by atoms with van der Waals surface area (Å²) in [6.45, 7) is 7.16. The van der Waals surface area contributed by atoms with Gasteiger partial charge in [-0.3, -0.25) is 10.1 Å². The van der Waals surface area contributed by atoms with E-state index in [1.54, 1.807) is 38.2 Å². The highest BCUT2D eigenvalue weighted by Gasteiger charge is 2.29. The Hall–Kier alpha value is -6.03. The molecule has 4 aromatic heterocycles. The van der Waals surface area contributed by atoms with Crippen LogP contribution in [-0.2, 0) is 0 Å². The molecule has 0 spiro atoms. The predicted molar refractivity (Wildman–Crippen MR) is 181 cm³/mol. The van der Waals surface area contributed by atoms with E-state index in [0.717, 1.165) is 21.4 Å². The van der Waals surface area contributed by atoms with Gasteiger partial charge in [-0.1, -0.05) is 6.07 Å². The number of nitrogens with zero attached hydrogens (tertiary/aromatic N) is 8. The number of H-pyrrole nitrogens is 2. The van der Waals surface area contributed by atoms with Crippen LogP contribution in [0.15, 0.2) is 77.7 Å². The Labute approximate surface area is 280 Å². The Bertz CT molecular complexity index is 2200. The minimum Gasteiger partial charge on any atom is -0.358 e. The first-order valence-electron chi connectivity index (χ1n) is 14.4. The van der Waals surface area contributed by atoms with E-state index < -0.39 is 15.7 Å². The van der Waals surface area contributed by atoms with Crippen LogP contribution in [0, 0.1) is 53.7 Å². The molecule has 242 valence electrons. The molecule has 0 saturated heterocycles. The van der Waals surface area contributed by atoms with Gasteiger partial charge in [0.25, 0.3) is 5.69 Å². The molecule has 2 N–H and O–H groups in total. The lowest BCUT2D eigenvalue weighted by Gasteiger charge is -2.35. The summed E-state index contributed by atoms with van der Waals surface area (Å²) in [6.07, 6.45) is 3.05. The number of non-ortho nitro benzene ring substituents is 1. The molecule has 0 fully saturated rings. The average molecular weight is 714 g/mol. The van der Waals surface area contributed by atoms with Crippen molar-refractivity contribution in [2.45, 2.75) is 27.7 Å². The molecule has 6 rings (SSSR count). The van der Waals surface area contributed by atoms with E-state index in [9.17, 15) is 24.6 Å². The Kier molecular flexibility index (Phi) is 8.41. The number of aromatic amines is 2. The van der Waals surface area contributed by atoms with E-state index >= 15 is 0 Å². The molecule has 0 aliphatic heterocycles. The second-order valence-corrected chi connectivity index (χ2v) is 11.6. The summed E-state index contributed by atoms with van der Waals surface area (Å²) in [5, 5.41) is 26.6. The zero-order valence-corrected chi connectivity index (χ0v) is 27.5. The van der Waals surface area contributed by atoms with Gasteiger partial charge in [-0.15, -0.1) is 0 Å². The van der Waals surface area contributed by atoms with Gasteiger partial charge in [-0.2, -0.15) is 0 Å². The van der Waals surface area contributed by atoms with Gasteiger partial charge < -0.3 is 15.1 Å². The molecule has 16 heteroatoms. The van der Waals surface area contributed by atoms with Crippen LogP contribution in [0.25, 0.3) is 22.5 Å². The van der Waals surface area contributed by atoms with Crippen LogP contribution in [0.2, 0.25) is 0 Å². The molecule has 0 unspecified atom stereocenters. The van der Waals surface area contributed by atoms with Crippen LogP contribution in [0.1, 0.15) is 22.5 Å². The van der Waals surface area contributed by atoms with Crippen molar-refractivity contribution < 1.29 is 14.2 Å². The largest absolute Gasteiger partial charge is 0.358 e. The van der Waals surface area contributed by atoms with E-state index in [1.807, 2.05) is 13.8 Å². The Balaban J connectivity index is 1.62. The van der Waals surface area contributed by atoms with Gasteiger partial charge in [0.15, 0.2) is 0 Å². The van der Waals surface area contributed by atoms with Crippen molar-refractivity contribution in [1.29, 1.82) is 0 Å². The first-order valence-corrected chi connectivity index (χ1v) is 15.2. The Morgan fingerprint density at radius 3 is 1.81 bits per heavy atom. The van der Waals surface area contributed by atoms with Gasteiger partial charge in [0.2, 0.25) is 11.9 Å². The number of hydrogen-bond acceptors (Lipinski definition) is 10. The number of nitrogens with one attached hydrogen (secondary N) is 2. The Morgan fingerprint density at radius 1 is 0.729 bits per heavy atom. The second kappa shape index (κ2) is 12.6. The standard InChI is InChI=1S/C32H26BrFN10O4/c1-17-27(19(3)37-29(17)33)25-12-14-36-32(39-25)42(23-6-5-7-24(16-23)43(45)46)41(22-10-8-21(34)9-11-22)31-35-15-13-26(40-31)28-18(2)30(44(47)48)38-20(28)4/h5-16,37-38H,1-4H3.